The van der Waals surface area contributed by atoms with E-state index in [1.165, 1.54) is 30.6 Å². The van der Waals surface area contributed by atoms with Crippen molar-refractivity contribution in [1.82, 2.24) is 14.9 Å². The molecule has 1 aliphatic heterocycles. The minimum Gasteiger partial charge on any atom is -0.462 e. The minimum atomic E-state index is -5.13. The number of nitrogens with one attached hydrogen (secondary N) is 1. The number of aryl methyl sites for hydroxylation is 1. The molecule has 3 aromatic rings. The lowest BCUT2D eigenvalue weighted by Gasteiger charge is -2.27. The van der Waals surface area contributed by atoms with Crippen molar-refractivity contribution in [3.63, 3.8) is 0 Å². The van der Waals surface area contributed by atoms with E-state index in [9.17, 15) is 23.1 Å². The van der Waals surface area contributed by atoms with Crippen molar-refractivity contribution < 1.29 is 27.8 Å². The first-order chi connectivity index (χ1) is 17.5. The molecule has 0 fully saturated rings. The number of halogens is 3. The molecule has 0 spiro atoms. The summed E-state index contributed by atoms with van der Waals surface area (Å²) >= 11 is 0. The van der Waals surface area contributed by atoms with Gasteiger partial charge in [0, 0.05) is 42.5 Å². The third-order valence-electron chi connectivity index (χ3n) is 6.04. The zero-order valence-electron chi connectivity index (χ0n) is 20.4. The summed E-state index contributed by atoms with van der Waals surface area (Å²) < 4.78 is 48.2. The maximum Gasteiger partial charge on any atom is 0.433 e. The first-order valence-electron chi connectivity index (χ1n) is 11.3. The third-order valence-corrected chi connectivity index (χ3v) is 6.04. The van der Waals surface area contributed by atoms with E-state index in [0.717, 1.165) is 0 Å². The molecule has 9 heteroatoms. The molecule has 2 aromatic heterocycles. The monoisotopic (exact) mass is 507 g/mol. The topological polar surface area (TPSA) is 78.5 Å². The van der Waals surface area contributed by atoms with E-state index < -0.39 is 23.3 Å². The second kappa shape index (κ2) is 9.64. The fourth-order valence-electron chi connectivity index (χ4n) is 4.10. The molecule has 0 aliphatic carbocycles. The Morgan fingerprint density at radius 3 is 2.62 bits per heavy atom. The molecule has 3 heterocycles. The maximum absolute atomic E-state index is 14.3. The molecular weight excluding hydrogens is 483 g/mol. The third kappa shape index (κ3) is 4.63. The van der Waals surface area contributed by atoms with Gasteiger partial charge in [0.2, 0.25) is 5.60 Å². The number of H-pyrrole nitrogens is 1. The van der Waals surface area contributed by atoms with Gasteiger partial charge in [0.1, 0.15) is 0 Å². The van der Waals surface area contributed by atoms with Crippen LogP contribution < -0.4 is 0 Å². The predicted octanol–water partition coefficient (Wildman–Crippen LogP) is 5.27. The zero-order chi connectivity index (χ0) is 27.0. The van der Waals surface area contributed by atoms with Crippen LogP contribution in [0.5, 0.6) is 0 Å². The quantitative estimate of drug-likeness (QED) is 0.372. The summed E-state index contributed by atoms with van der Waals surface area (Å²) in [6.07, 6.45) is -0.592. The highest BCUT2D eigenvalue weighted by Gasteiger charge is 2.54. The van der Waals surface area contributed by atoms with E-state index in [0.29, 0.717) is 28.2 Å². The summed E-state index contributed by atoms with van der Waals surface area (Å²) in [5, 5.41) is 11.0. The second-order valence-electron chi connectivity index (χ2n) is 8.48. The number of carbonyl (C=O) groups is 1. The van der Waals surface area contributed by atoms with Crippen molar-refractivity contribution in [2.75, 3.05) is 13.7 Å². The van der Waals surface area contributed by atoms with Crippen molar-refractivity contribution in [3.05, 3.63) is 89.6 Å². The number of carbonyl (C=O) groups excluding carboxylic acids is 1. The van der Waals surface area contributed by atoms with Crippen LogP contribution in [0.2, 0.25) is 0 Å². The lowest BCUT2D eigenvalue weighted by Crippen LogP contribution is -2.41. The summed E-state index contributed by atoms with van der Waals surface area (Å²) in [7, 11) is 1.65. The van der Waals surface area contributed by atoms with E-state index in [4.69, 9.17) is 4.74 Å². The summed E-state index contributed by atoms with van der Waals surface area (Å²) in [5.74, 6) is 3.92. The molecule has 190 valence electrons. The van der Waals surface area contributed by atoms with E-state index in [1.54, 1.807) is 50.2 Å². The molecule has 0 radical (unpaired) electrons. The van der Waals surface area contributed by atoms with Gasteiger partial charge in [-0.3, -0.25) is 4.98 Å². The summed E-state index contributed by atoms with van der Waals surface area (Å²) in [6.45, 7) is 7.40. The minimum absolute atomic E-state index is 0.100. The van der Waals surface area contributed by atoms with Crippen molar-refractivity contribution in [2.45, 2.75) is 25.6 Å². The highest BCUT2D eigenvalue weighted by molar-refractivity contribution is 6.03. The summed E-state index contributed by atoms with van der Waals surface area (Å²) in [5.41, 5.74) is -0.987. The average molecular weight is 508 g/mol. The number of allylic oxidation sites excluding steroid dienone is 1. The van der Waals surface area contributed by atoms with Crippen molar-refractivity contribution >= 4 is 17.2 Å². The van der Waals surface area contributed by atoms with E-state index >= 15 is 0 Å². The molecule has 1 unspecified atom stereocenters. The standard InChI is InChI=1S/C28H24F3N3O3/c1-5-37-26(35)23-17(2)33-25-18(3)34(4)16-21(24(23)25)11-12-27(36,28(29,30)31)22-10-6-8-19(14-22)20-9-7-13-32-15-20/h6-10,13-16,33,36H,3,5H2,1-2,4H3. The predicted molar refractivity (Wildman–Crippen MR) is 134 cm³/mol. The first-order valence-corrected chi connectivity index (χ1v) is 11.3. The van der Waals surface area contributed by atoms with E-state index in [1.807, 2.05) is 0 Å². The number of esters is 1. The highest BCUT2D eigenvalue weighted by Crippen LogP contribution is 2.41. The van der Waals surface area contributed by atoms with Gasteiger partial charge in [-0.2, -0.15) is 13.2 Å². The van der Waals surface area contributed by atoms with Crippen molar-refractivity contribution in [3.8, 4) is 23.0 Å². The van der Waals surface area contributed by atoms with Gasteiger partial charge in [0.15, 0.2) is 0 Å². The molecular formula is C28H24F3N3O3. The molecule has 0 saturated carbocycles. The van der Waals surface area contributed by atoms with Gasteiger partial charge >= 0.3 is 12.1 Å². The Morgan fingerprint density at radius 2 is 1.97 bits per heavy atom. The number of hydrogen-bond donors (Lipinski definition) is 2. The van der Waals surface area contributed by atoms with Crippen LogP contribution in [0.4, 0.5) is 13.2 Å². The Balaban J connectivity index is 1.86. The number of ether oxygens (including phenoxy) is 1. The highest BCUT2D eigenvalue weighted by atomic mass is 19.4. The van der Waals surface area contributed by atoms with Crippen LogP contribution in [-0.4, -0.2) is 45.8 Å². The van der Waals surface area contributed by atoms with Gasteiger partial charge in [0.05, 0.1) is 29.1 Å². The van der Waals surface area contributed by atoms with Crippen LogP contribution in [0.3, 0.4) is 0 Å². The molecule has 2 N–H and O–H groups in total. The first kappa shape index (κ1) is 25.8. The van der Waals surface area contributed by atoms with E-state index in [2.05, 4.69) is 28.4 Å². The number of benzene rings is 1. The van der Waals surface area contributed by atoms with Gasteiger partial charge in [-0.15, -0.1) is 0 Å². The molecule has 0 bridgehead atoms. The number of aromatic amines is 1. The summed E-state index contributed by atoms with van der Waals surface area (Å²) in [6, 6.07) is 8.80. The Kier molecular flexibility index (Phi) is 6.72. The number of fused-ring (bicyclic) bond motifs is 1. The number of aromatic nitrogens is 2. The Bertz CT molecular complexity index is 1460. The molecule has 1 atom stereocenters. The van der Waals surface area contributed by atoms with Gasteiger partial charge in [-0.1, -0.05) is 36.8 Å². The molecule has 6 nitrogen and oxygen atoms in total. The SMILES string of the molecule is C=C1c2[nH]c(C)c(C(=O)OCC)c2C(C#CC(O)(c2cccc(-c3cccnc3)c2)C(F)(F)F)=CN1C. The lowest BCUT2D eigenvalue weighted by atomic mass is 9.90. The number of alkyl halides is 3. The van der Waals surface area contributed by atoms with Gasteiger partial charge in [-0.25, -0.2) is 4.79 Å². The molecule has 1 aromatic carbocycles. The Morgan fingerprint density at radius 1 is 1.24 bits per heavy atom. The number of aliphatic hydroxyl groups is 1. The normalized spacial score (nSPS) is 14.7. The van der Waals surface area contributed by atoms with Crippen LogP contribution >= 0.6 is 0 Å². The molecule has 0 amide bonds. The molecule has 0 saturated heterocycles. The smallest absolute Gasteiger partial charge is 0.433 e. The molecule has 4 rings (SSSR count). The fourth-order valence-corrected chi connectivity index (χ4v) is 4.10. The van der Waals surface area contributed by atoms with Gasteiger partial charge in [-0.05, 0) is 43.0 Å². The molecule has 37 heavy (non-hydrogen) atoms. The number of pyridine rings is 1. The van der Waals surface area contributed by atoms with Crippen LogP contribution in [0.25, 0.3) is 22.4 Å². The summed E-state index contributed by atoms with van der Waals surface area (Å²) in [4.78, 5) is 21.3. The van der Waals surface area contributed by atoms with Crippen LogP contribution in [-0.2, 0) is 10.3 Å². The van der Waals surface area contributed by atoms with Crippen molar-refractivity contribution in [1.29, 1.82) is 0 Å². The number of hydrogen-bond acceptors (Lipinski definition) is 5. The maximum atomic E-state index is 14.3. The second-order valence-corrected chi connectivity index (χ2v) is 8.48. The Labute approximate surface area is 212 Å². The van der Waals surface area contributed by atoms with Gasteiger partial charge in [0.25, 0.3) is 0 Å². The Hall–Kier alpha value is -4.29. The van der Waals surface area contributed by atoms with Crippen LogP contribution in [0, 0.1) is 18.8 Å². The van der Waals surface area contributed by atoms with Crippen molar-refractivity contribution in [2.24, 2.45) is 0 Å². The van der Waals surface area contributed by atoms with Crippen LogP contribution in [0.1, 0.15) is 39.8 Å². The fraction of sp³-hybridized carbons (Fsp3) is 0.214. The largest absolute Gasteiger partial charge is 0.462 e. The van der Waals surface area contributed by atoms with Gasteiger partial charge < -0.3 is 19.7 Å². The van der Waals surface area contributed by atoms with E-state index in [-0.39, 0.29) is 23.3 Å². The average Bonchev–Trinajstić information content (AvgIpc) is 3.22. The number of nitrogens with zero attached hydrogens (tertiary/aromatic N) is 2. The molecule has 1 aliphatic rings. The zero-order valence-corrected chi connectivity index (χ0v) is 20.4. The number of rotatable bonds is 4. The van der Waals surface area contributed by atoms with Crippen LogP contribution in [0.15, 0.2) is 61.6 Å². The lowest BCUT2D eigenvalue weighted by molar-refractivity contribution is -0.240.